The first-order chi connectivity index (χ1) is 15.1. The van der Waals surface area contributed by atoms with Gasteiger partial charge in [-0.2, -0.15) is 11.8 Å². The van der Waals surface area contributed by atoms with E-state index in [9.17, 15) is 4.79 Å². The fraction of sp³-hybridized carbons (Fsp3) is 0.625. The van der Waals surface area contributed by atoms with Gasteiger partial charge in [-0.05, 0) is 37.4 Å². The van der Waals surface area contributed by atoms with Crippen molar-refractivity contribution in [1.29, 1.82) is 0 Å². The third-order valence-electron chi connectivity index (χ3n) is 7.77. The van der Waals surface area contributed by atoms with Gasteiger partial charge in [-0.15, -0.1) is 0 Å². The Bertz CT molecular complexity index is 957. The molecule has 4 atom stereocenters. The highest BCUT2D eigenvalue weighted by Crippen LogP contribution is 2.71. The SMILES string of the molecule is CCC12CC1c1c(ncnc1N1CCN(C(=O)CCCSC34C=CC=CC3C4)CC1)S2. The number of rotatable bonds is 7. The lowest BCUT2D eigenvalue weighted by Crippen LogP contribution is -2.49. The van der Waals surface area contributed by atoms with E-state index in [0.29, 0.717) is 27.7 Å². The lowest BCUT2D eigenvalue weighted by atomic mass is 10.1. The van der Waals surface area contributed by atoms with E-state index in [0.717, 1.165) is 50.1 Å². The Morgan fingerprint density at radius 1 is 1.23 bits per heavy atom. The van der Waals surface area contributed by atoms with Crippen LogP contribution in [0, 0.1) is 5.92 Å². The van der Waals surface area contributed by atoms with Crippen LogP contribution in [0.5, 0.6) is 0 Å². The van der Waals surface area contributed by atoms with Gasteiger partial charge in [-0.1, -0.05) is 43.0 Å². The topological polar surface area (TPSA) is 49.3 Å². The van der Waals surface area contributed by atoms with Crippen LogP contribution in [0.1, 0.15) is 50.5 Å². The zero-order valence-corrected chi connectivity index (χ0v) is 19.8. The summed E-state index contributed by atoms with van der Waals surface area (Å²) in [6.07, 6.45) is 16.2. The fourth-order valence-corrected chi connectivity index (χ4v) is 8.49. The van der Waals surface area contributed by atoms with E-state index in [1.165, 1.54) is 29.9 Å². The van der Waals surface area contributed by atoms with Crippen molar-refractivity contribution in [3.63, 3.8) is 0 Å². The second kappa shape index (κ2) is 7.55. The molecule has 4 unspecified atom stereocenters. The largest absolute Gasteiger partial charge is 0.353 e. The van der Waals surface area contributed by atoms with E-state index >= 15 is 0 Å². The van der Waals surface area contributed by atoms with Crippen molar-refractivity contribution in [2.75, 3.05) is 36.8 Å². The van der Waals surface area contributed by atoms with Gasteiger partial charge in [-0.3, -0.25) is 4.79 Å². The number of thioether (sulfide) groups is 2. The zero-order valence-electron chi connectivity index (χ0n) is 18.1. The number of amides is 1. The maximum atomic E-state index is 12.8. The van der Waals surface area contributed by atoms with Crippen LogP contribution in [0.3, 0.4) is 0 Å². The second-order valence-electron chi connectivity index (χ2n) is 9.52. The minimum absolute atomic E-state index is 0.319. The van der Waals surface area contributed by atoms with Crippen LogP contribution < -0.4 is 4.90 Å². The first kappa shape index (κ1) is 20.2. The Morgan fingerprint density at radius 3 is 2.90 bits per heavy atom. The van der Waals surface area contributed by atoms with Gasteiger partial charge in [0.15, 0.2) is 0 Å². The normalized spacial score (nSPS) is 34.4. The first-order valence-corrected chi connectivity index (χ1v) is 13.5. The molecule has 1 amide bonds. The number of carbonyl (C=O) groups excluding carboxylic acids is 1. The van der Waals surface area contributed by atoms with Crippen LogP contribution in [0.15, 0.2) is 35.7 Å². The number of allylic oxidation sites excluding steroid dienone is 3. The molecule has 1 aromatic rings. The number of hydrogen-bond donors (Lipinski definition) is 0. The molecule has 3 aliphatic carbocycles. The summed E-state index contributed by atoms with van der Waals surface area (Å²) in [5, 5.41) is 1.19. The standard InChI is InChI=1S/C24H30N4OS2/c1-2-23-15-18(23)20-21(25-16-26-22(20)31-23)28-11-9-27(10-12-28)19(29)7-5-13-30-24-8-4-3-6-17(24)14-24/h3-4,6,8,16-18H,2,5,7,9-15H2,1H3. The lowest BCUT2D eigenvalue weighted by Gasteiger charge is -2.36. The first-order valence-electron chi connectivity index (χ1n) is 11.7. The van der Waals surface area contributed by atoms with Gasteiger partial charge in [0.1, 0.15) is 17.2 Å². The van der Waals surface area contributed by atoms with Gasteiger partial charge in [0.25, 0.3) is 0 Å². The number of hydrogen-bond acceptors (Lipinski definition) is 6. The molecule has 164 valence electrons. The van der Waals surface area contributed by atoms with Crippen molar-refractivity contribution in [1.82, 2.24) is 14.9 Å². The van der Waals surface area contributed by atoms with Crippen LogP contribution in [0.4, 0.5) is 5.82 Å². The van der Waals surface area contributed by atoms with E-state index in [1.807, 2.05) is 23.5 Å². The van der Waals surface area contributed by atoms with Crippen molar-refractivity contribution in [3.05, 3.63) is 36.2 Å². The summed E-state index contributed by atoms with van der Waals surface area (Å²) >= 11 is 4.01. The number of piperazine rings is 1. The molecule has 6 rings (SSSR count). The van der Waals surface area contributed by atoms with Crippen molar-refractivity contribution < 1.29 is 4.79 Å². The van der Waals surface area contributed by atoms with Crippen LogP contribution in [-0.2, 0) is 4.79 Å². The molecular weight excluding hydrogens is 424 g/mol. The Balaban J connectivity index is 0.993. The summed E-state index contributed by atoms with van der Waals surface area (Å²) < 4.78 is 0.753. The molecular formula is C24H30N4OS2. The quantitative estimate of drug-likeness (QED) is 0.453. The third-order valence-corrected chi connectivity index (χ3v) is 11.1. The number of anilines is 1. The Hall–Kier alpha value is -1.47. The van der Waals surface area contributed by atoms with Gasteiger partial charge in [0.05, 0.1) is 0 Å². The molecule has 0 radical (unpaired) electrons. The molecule has 1 aromatic heterocycles. The van der Waals surface area contributed by atoms with Crippen molar-refractivity contribution in [2.45, 2.75) is 59.5 Å². The molecule has 2 aliphatic heterocycles. The molecule has 0 aromatic carbocycles. The van der Waals surface area contributed by atoms with Gasteiger partial charge in [0, 0.05) is 53.6 Å². The maximum absolute atomic E-state index is 12.8. The van der Waals surface area contributed by atoms with Crippen molar-refractivity contribution in [3.8, 4) is 0 Å². The second-order valence-corrected chi connectivity index (χ2v) is 12.4. The minimum Gasteiger partial charge on any atom is -0.353 e. The molecule has 5 aliphatic rings. The summed E-state index contributed by atoms with van der Waals surface area (Å²) in [7, 11) is 0. The van der Waals surface area contributed by atoms with Crippen LogP contribution in [-0.4, -0.2) is 62.2 Å². The van der Waals surface area contributed by atoms with Crippen molar-refractivity contribution >= 4 is 35.2 Å². The Labute approximate surface area is 193 Å². The van der Waals surface area contributed by atoms with Crippen LogP contribution in [0.2, 0.25) is 0 Å². The predicted molar refractivity (Wildman–Crippen MR) is 128 cm³/mol. The number of fused-ring (bicyclic) bond motifs is 4. The molecule has 2 saturated carbocycles. The molecule has 3 fully saturated rings. The van der Waals surface area contributed by atoms with Gasteiger partial charge >= 0.3 is 0 Å². The zero-order chi connectivity index (χ0) is 21.1. The van der Waals surface area contributed by atoms with E-state index in [1.54, 1.807) is 6.33 Å². The van der Waals surface area contributed by atoms with Gasteiger partial charge in [0.2, 0.25) is 5.91 Å². The van der Waals surface area contributed by atoms with E-state index in [4.69, 9.17) is 0 Å². The number of nitrogens with zero attached hydrogens (tertiary/aromatic N) is 4. The highest BCUT2D eigenvalue weighted by Gasteiger charge is 2.61. The summed E-state index contributed by atoms with van der Waals surface area (Å²) in [6, 6.07) is 0. The molecule has 0 spiro atoms. The fourth-order valence-electron chi connectivity index (χ4n) is 5.58. The molecule has 7 heteroatoms. The minimum atomic E-state index is 0.319. The molecule has 0 N–H and O–H groups in total. The Morgan fingerprint density at radius 2 is 2.10 bits per heavy atom. The van der Waals surface area contributed by atoms with Crippen LogP contribution in [0.25, 0.3) is 0 Å². The lowest BCUT2D eigenvalue weighted by molar-refractivity contribution is -0.131. The monoisotopic (exact) mass is 454 g/mol. The summed E-state index contributed by atoms with van der Waals surface area (Å²) in [5.41, 5.74) is 1.38. The average molecular weight is 455 g/mol. The predicted octanol–water partition coefficient (Wildman–Crippen LogP) is 4.27. The number of aromatic nitrogens is 2. The van der Waals surface area contributed by atoms with Gasteiger partial charge < -0.3 is 9.80 Å². The third kappa shape index (κ3) is 3.43. The van der Waals surface area contributed by atoms with Crippen molar-refractivity contribution in [2.24, 2.45) is 5.92 Å². The highest BCUT2D eigenvalue weighted by molar-refractivity contribution is 8.01. The number of carbonyl (C=O) groups is 1. The molecule has 0 bridgehead atoms. The molecule has 31 heavy (non-hydrogen) atoms. The van der Waals surface area contributed by atoms with Gasteiger partial charge in [-0.25, -0.2) is 9.97 Å². The summed E-state index contributed by atoms with van der Waals surface area (Å²) in [6.45, 7) is 5.66. The molecule has 1 saturated heterocycles. The molecule has 5 nitrogen and oxygen atoms in total. The van der Waals surface area contributed by atoms with Crippen LogP contribution >= 0.6 is 23.5 Å². The summed E-state index contributed by atoms with van der Waals surface area (Å²) in [4.78, 5) is 26.5. The highest BCUT2D eigenvalue weighted by atomic mass is 32.2. The maximum Gasteiger partial charge on any atom is 0.222 e. The Kier molecular flexibility index (Phi) is 4.91. The molecule has 3 heterocycles. The smallest absolute Gasteiger partial charge is 0.222 e. The van der Waals surface area contributed by atoms with E-state index in [-0.39, 0.29) is 0 Å². The average Bonchev–Trinajstić information content (AvgIpc) is 3.69. The van der Waals surface area contributed by atoms with E-state index in [2.05, 4.69) is 51.0 Å². The van der Waals surface area contributed by atoms with E-state index < -0.39 is 0 Å². The summed E-state index contributed by atoms with van der Waals surface area (Å²) in [5.74, 6) is 3.88.